The van der Waals surface area contributed by atoms with Crippen molar-refractivity contribution in [2.24, 2.45) is 0 Å². The highest BCUT2D eigenvalue weighted by Gasteiger charge is 2.17. The van der Waals surface area contributed by atoms with E-state index in [-0.39, 0.29) is 0 Å². The van der Waals surface area contributed by atoms with E-state index in [2.05, 4.69) is 17.9 Å². The summed E-state index contributed by atoms with van der Waals surface area (Å²) in [5.74, 6) is 1.43. The molecule has 2 nitrogen and oxygen atoms in total. The quantitative estimate of drug-likeness (QED) is 0.582. The molecule has 4 heteroatoms. The first-order valence-electron chi connectivity index (χ1n) is 6.28. The number of hydrogen-bond acceptors (Lipinski definition) is 4. The highest BCUT2D eigenvalue weighted by atomic mass is 32.2. The molecule has 2 heterocycles. The standard InChI is InChI=1S/C13H19NOS2/c1-2-9-16-13-6-5-12(17-13)11(15)10-14-7-3-4-8-14/h5-6H,2-4,7-10H2,1H3. The average Bonchev–Trinajstić information content (AvgIpc) is 2.96. The number of Topliss-reactive ketones (excluding diaryl/α,β-unsaturated/α-hetero) is 1. The second-order valence-electron chi connectivity index (χ2n) is 4.37. The highest BCUT2D eigenvalue weighted by Crippen LogP contribution is 2.28. The van der Waals surface area contributed by atoms with E-state index in [0.717, 1.165) is 23.7 Å². The van der Waals surface area contributed by atoms with Crippen molar-refractivity contribution in [3.63, 3.8) is 0 Å². The Morgan fingerprint density at radius 2 is 2.18 bits per heavy atom. The van der Waals surface area contributed by atoms with Crippen LogP contribution in [0.4, 0.5) is 0 Å². The van der Waals surface area contributed by atoms with Gasteiger partial charge < -0.3 is 0 Å². The predicted octanol–water partition coefficient (Wildman–Crippen LogP) is 3.53. The van der Waals surface area contributed by atoms with Gasteiger partial charge in [0.25, 0.3) is 0 Å². The minimum Gasteiger partial charge on any atom is -0.296 e. The van der Waals surface area contributed by atoms with Gasteiger partial charge in [-0.25, -0.2) is 0 Å². The third-order valence-corrected chi connectivity index (χ3v) is 5.43. The monoisotopic (exact) mass is 269 g/mol. The van der Waals surface area contributed by atoms with Crippen molar-refractivity contribution < 1.29 is 4.79 Å². The number of thiophene rings is 1. The highest BCUT2D eigenvalue weighted by molar-refractivity contribution is 8.01. The van der Waals surface area contributed by atoms with E-state index in [0.29, 0.717) is 12.3 Å². The van der Waals surface area contributed by atoms with Crippen molar-refractivity contribution in [3.8, 4) is 0 Å². The van der Waals surface area contributed by atoms with Crippen LogP contribution in [0, 0.1) is 0 Å². The third kappa shape index (κ3) is 3.83. The molecule has 17 heavy (non-hydrogen) atoms. The molecule has 94 valence electrons. The molecule has 0 N–H and O–H groups in total. The first-order valence-corrected chi connectivity index (χ1v) is 8.08. The van der Waals surface area contributed by atoms with Crippen LogP contribution >= 0.6 is 23.1 Å². The van der Waals surface area contributed by atoms with Crippen molar-refractivity contribution in [1.82, 2.24) is 4.90 Å². The third-order valence-electron chi connectivity index (χ3n) is 2.87. The Balaban J connectivity index is 1.87. The molecule has 0 spiro atoms. The molecule has 0 saturated carbocycles. The molecular weight excluding hydrogens is 250 g/mol. The number of rotatable bonds is 6. The van der Waals surface area contributed by atoms with E-state index in [1.807, 2.05) is 17.8 Å². The maximum atomic E-state index is 12.0. The van der Waals surface area contributed by atoms with Crippen LogP contribution in [0.2, 0.25) is 0 Å². The first-order chi connectivity index (χ1) is 8.29. The van der Waals surface area contributed by atoms with Gasteiger partial charge in [0.05, 0.1) is 15.6 Å². The van der Waals surface area contributed by atoms with Gasteiger partial charge in [-0.2, -0.15) is 0 Å². The molecule has 0 radical (unpaired) electrons. The van der Waals surface area contributed by atoms with E-state index in [1.54, 1.807) is 11.3 Å². The van der Waals surface area contributed by atoms with Gasteiger partial charge in [0.15, 0.2) is 5.78 Å². The molecule has 2 rings (SSSR count). The van der Waals surface area contributed by atoms with E-state index < -0.39 is 0 Å². The lowest BCUT2D eigenvalue weighted by atomic mass is 10.3. The fourth-order valence-electron chi connectivity index (χ4n) is 1.97. The zero-order chi connectivity index (χ0) is 12.1. The molecule has 0 amide bonds. The van der Waals surface area contributed by atoms with Gasteiger partial charge in [-0.15, -0.1) is 23.1 Å². The van der Waals surface area contributed by atoms with Crippen LogP contribution < -0.4 is 0 Å². The first kappa shape index (κ1) is 13.1. The normalized spacial score (nSPS) is 16.5. The molecule has 0 aliphatic carbocycles. The lowest BCUT2D eigenvalue weighted by Crippen LogP contribution is -2.26. The summed E-state index contributed by atoms with van der Waals surface area (Å²) < 4.78 is 1.27. The molecule has 0 aromatic carbocycles. The number of thioether (sulfide) groups is 1. The summed E-state index contributed by atoms with van der Waals surface area (Å²) in [5, 5.41) is 0. The van der Waals surface area contributed by atoms with E-state index >= 15 is 0 Å². The van der Waals surface area contributed by atoms with Crippen LogP contribution in [0.15, 0.2) is 16.3 Å². The number of ketones is 1. The van der Waals surface area contributed by atoms with Gasteiger partial charge in [-0.3, -0.25) is 9.69 Å². The van der Waals surface area contributed by atoms with Crippen molar-refractivity contribution in [2.75, 3.05) is 25.4 Å². The molecule has 1 aliphatic rings. The van der Waals surface area contributed by atoms with Crippen molar-refractivity contribution in [3.05, 3.63) is 17.0 Å². The fraction of sp³-hybridized carbons (Fsp3) is 0.615. The van der Waals surface area contributed by atoms with E-state index in [9.17, 15) is 4.79 Å². The Hall–Kier alpha value is -0.320. The average molecular weight is 269 g/mol. The summed E-state index contributed by atoms with van der Waals surface area (Å²) in [5.41, 5.74) is 0. The molecule has 0 atom stereocenters. The van der Waals surface area contributed by atoms with Gasteiger partial charge >= 0.3 is 0 Å². The zero-order valence-electron chi connectivity index (χ0n) is 10.3. The Labute approximate surface area is 111 Å². The largest absolute Gasteiger partial charge is 0.296 e. The summed E-state index contributed by atoms with van der Waals surface area (Å²) in [4.78, 5) is 15.2. The molecule has 1 saturated heterocycles. The predicted molar refractivity (Wildman–Crippen MR) is 75.3 cm³/mol. The van der Waals surface area contributed by atoms with Crippen molar-refractivity contribution in [2.45, 2.75) is 30.4 Å². The van der Waals surface area contributed by atoms with Gasteiger partial charge in [0.2, 0.25) is 0 Å². The Morgan fingerprint density at radius 3 is 2.88 bits per heavy atom. The molecule has 1 aromatic rings. The van der Waals surface area contributed by atoms with Gasteiger partial charge in [0, 0.05) is 0 Å². The lowest BCUT2D eigenvalue weighted by molar-refractivity contribution is 0.0949. The summed E-state index contributed by atoms with van der Waals surface area (Å²) in [6.45, 7) is 4.97. The number of carbonyl (C=O) groups is 1. The summed E-state index contributed by atoms with van der Waals surface area (Å²) >= 11 is 3.51. The molecule has 0 bridgehead atoms. The van der Waals surface area contributed by atoms with Crippen molar-refractivity contribution >= 4 is 28.9 Å². The minimum absolute atomic E-state index is 0.292. The van der Waals surface area contributed by atoms with Crippen LogP contribution in [-0.4, -0.2) is 36.1 Å². The second-order valence-corrected chi connectivity index (χ2v) is 6.85. The van der Waals surface area contributed by atoms with Gasteiger partial charge in [-0.05, 0) is 50.2 Å². The SMILES string of the molecule is CCCSc1ccc(C(=O)CN2CCCC2)s1. The summed E-state index contributed by atoms with van der Waals surface area (Å²) in [6, 6.07) is 4.07. The minimum atomic E-state index is 0.292. The lowest BCUT2D eigenvalue weighted by Gasteiger charge is -2.11. The Kier molecular flexibility index (Phi) is 5.07. The number of carbonyl (C=O) groups excluding carboxylic acids is 1. The Bertz CT molecular complexity index is 369. The molecule has 1 aromatic heterocycles. The summed E-state index contributed by atoms with van der Waals surface area (Å²) in [6.07, 6.45) is 3.67. The Morgan fingerprint density at radius 1 is 1.41 bits per heavy atom. The maximum Gasteiger partial charge on any atom is 0.186 e. The van der Waals surface area contributed by atoms with E-state index in [1.165, 1.54) is 23.5 Å². The number of nitrogens with zero attached hydrogens (tertiary/aromatic N) is 1. The number of likely N-dealkylation sites (tertiary alicyclic amines) is 1. The van der Waals surface area contributed by atoms with Crippen LogP contribution in [0.3, 0.4) is 0 Å². The number of hydrogen-bond donors (Lipinski definition) is 0. The van der Waals surface area contributed by atoms with Crippen LogP contribution in [0.5, 0.6) is 0 Å². The second kappa shape index (κ2) is 6.57. The van der Waals surface area contributed by atoms with Crippen LogP contribution in [0.1, 0.15) is 35.9 Å². The molecule has 1 aliphatic heterocycles. The topological polar surface area (TPSA) is 20.3 Å². The van der Waals surface area contributed by atoms with Crippen LogP contribution in [-0.2, 0) is 0 Å². The van der Waals surface area contributed by atoms with Gasteiger partial charge in [0.1, 0.15) is 0 Å². The van der Waals surface area contributed by atoms with Crippen LogP contribution in [0.25, 0.3) is 0 Å². The van der Waals surface area contributed by atoms with Gasteiger partial charge in [-0.1, -0.05) is 6.92 Å². The summed E-state index contributed by atoms with van der Waals surface area (Å²) in [7, 11) is 0. The molecule has 1 fully saturated rings. The van der Waals surface area contributed by atoms with Crippen molar-refractivity contribution in [1.29, 1.82) is 0 Å². The smallest absolute Gasteiger partial charge is 0.186 e. The van der Waals surface area contributed by atoms with E-state index in [4.69, 9.17) is 0 Å². The maximum absolute atomic E-state index is 12.0. The molecule has 0 unspecified atom stereocenters. The fourth-order valence-corrected chi connectivity index (χ4v) is 3.96. The molecular formula is C13H19NOS2. The zero-order valence-corrected chi connectivity index (χ0v) is 11.9.